The van der Waals surface area contributed by atoms with Gasteiger partial charge in [0.05, 0.1) is 6.61 Å². The van der Waals surface area contributed by atoms with E-state index in [4.69, 9.17) is 15.2 Å². The maximum atomic E-state index is 11.4. The maximum absolute atomic E-state index is 11.4. The molecule has 6 atom stereocenters. The number of benzene rings is 1. The molecule has 0 radical (unpaired) electrons. The van der Waals surface area contributed by atoms with Crippen molar-refractivity contribution in [2.24, 2.45) is 5.73 Å². The molecule has 10 nitrogen and oxygen atoms in total. The summed E-state index contributed by atoms with van der Waals surface area (Å²) in [5, 5.41) is 48.8. The number of aliphatic carboxylic acids is 1. The Morgan fingerprint density at radius 2 is 1.92 bits per heavy atom. The fourth-order valence-electron chi connectivity index (χ4n) is 2.95. The molecule has 1 saturated heterocycles. The highest BCUT2D eigenvalue weighted by Crippen LogP contribution is 2.34. The van der Waals surface area contributed by atoms with Crippen LogP contribution in [0.2, 0.25) is 0 Å². The number of rotatable bonds is 5. The summed E-state index contributed by atoms with van der Waals surface area (Å²) in [6.45, 7) is -0.612. The standard InChI is InChI=1S/C16H20N2O8/c17-10(15(23)24)9-6-3-1-2-4-7(6)18-14(9)26-16-13(22)12(21)11(20)8(5-19)25-16/h1-4,8,10-13,16,18-22H,5,17H2,(H,23,24). The Bertz CT molecular complexity index is 792. The number of aromatic nitrogens is 1. The lowest BCUT2D eigenvalue weighted by Gasteiger charge is -2.39. The summed E-state index contributed by atoms with van der Waals surface area (Å²) in [6, 6.07) is 5.36. The van der Waals surface area contributed by atoms with Gasteiger partial charge in [-0.1, -0.05) is 18.2 Å². The molecular weight excluding hydrogens is 348 g/mol. The molecule has 1 aromatic carbocycles. The number of aromatic amines is 1. The van der Waals surface area contributed by atoms with Crippen molar-refractivity contribution in [3.05, 3.63) is 29.8 Å². The van der Waals surface area contributed by atoms with Gasteiger partial charge < -0.3 is 45.7 Å². The lowest BCUT2D eigenvalue weighted by atomic mass is 9.99. The van der Waals surface area contributed by atoms with Crippen LogP contribution in [0.25, 0.3) is 10.9 Å². The van der Waals surface area contributed by atoms with Crippen LogP contribution in [0.3, 0.4) is 0 Å². The van der Waals surface area contributed by atoms with Crippen LogP contribution in [0.1, 0.15) is 11.6 Å². The van der Waals surface area contributed by atoms with Gasteiger partial charge in [0.1, 0.15) is 30.5 Å². The van der Waals surface area contributed by atoms with Gasteiger partial charge in [0.2, 0.25) is 6.29 Å². The van der Waals surface area contributed by atoms with Gasteiger partial charge in [0, 0.05) is 16.5 Å². The SMILES string of the molecule is NC(C(=O)O)c1c(OC2OC(CO)C(O)C(O)C2O)[nH]c2ccccc12. The summed E-state index contributed by atoms with van der Waals surface area (Å²) in [4.78, 5) is 14.2. The Balaban J connectivity index is 1.97. The van der Waals surface area contributed by atoms with Crippen molar-refractivity contribution in [2.75, 3.05) is 6.61 Å². The number of carbonyl (C=O) groups is 1. The van der Waals surface area contributed by atoms with Crippen LogP contribution >= 0.6 is 0 Å². The summed E-state index contributed by atoms with van der Waals surface area (Å²) in [7, 11) is 0. The normalized spacial score (nSPS) is 30.3. The monoisotopic (exact) mass is 368 g/mol. The van der Waals surface area contributed by atoms with Crippen molar-refractivity contribution in [2.45, 2.75) is 36.7 Å². The minimum atomic E-state index is -1.63. The number of nitrogens with two attached hydrogens (primary N) is 1. The molecule has 1 aliphatic rings. The highest BCUT2D eigenvalue weighted by atomic mass is 16.7. The van der Waals surface area contributed by atoms with Gasteiger partial charge in [-0.05, 0) is 6.07 Å². The second-order valence-electron chi connectivity index (χ2n) is 6.04. The van der Waals surface area contributed by atoms with Crippen LogP contribution in [0, 0.1) is 0 Å². The van der Waals surface area contributed by atoms with E-state index in [9.17, 15) is 30.3 Å². The molecule has 6 unspecified atom stereocenters. The largest absolute Gasteiger partial charge is 0.480 e. The van der Waals surface area contributed by atoms with E-state index < -0.39 is 49.3 Å². The zero-order chi connectivity index (χ0) is 19.0. The fraction of sp³-hybridized carbons (Fsp3) is 0.438. The van der Waals surface area contributed by atoms with Gasteiger partial charge in [-0.3, -0.25) is 4.79 Å². The number of fused-ring (bicyclic) bond motifs is 1. The summed E-state index contributed by atoms with van der Waals surface area (Å²) in [5.74, 6) is -1.33. The minimum absolute atomic E-state index is 0.0505. The molecule has 3 rings (SSSR count). The first-order chi connectivity index (χ1) is 12.3. The smallest absolute Gasteiger partial charge is 0.325 e. The van der Waals surface area contributed by atoms with Crippen LogP contribution in [0.15, 0.2) is 24.3 Å². The number of carboxylic acid groups (broad SMARTS) is 1. The van der Waals surface area contributed by atoms with E-state index in [1.807, 2.05) is 0 Å². The third-order valence-electron chi connectivity index (χ3n) is 4.37. The number of H-pyrrole nitrogens is 1. The first-order valence-corrected chi connectivity index (χ1v) is 7.91. The number of aliphatic hydroxyl groups is 4. The quantitative estimate of drug-likeness (QED) is 0.328. The number of aliphatic hydroxyl groups excluding tert-OH is 4. The van der Waals surface area contributed by atoms with E-state index in [0.29, 0.717) is 10.9 Å². The highest BCUT2D eigenvalue weighted by molar-refractivity contribution is 5.91. The molecule has 2 aromatic rings. The molecule has 0 amide bonds. The van der Waals surface area contributed by atoms with Crippen molar-refractivity contribution in [1.29, 1.82) is 0 Å². The van der Waals surface area contributed by atoms with Crippen LogP contribution < -0.4 is 10.5 Å². The Hall–Kier alpha value is -2.21. The Morgan fingerprint density at radius 3 is 2.58 bits per heavy atom. The van der Waals surface area contributed by atoms with E-state index in [1.165, 1.54) is 0 Å². The number of carboxylic acids is 1. The Kier molecular flexibility index (Phi) is 5.14. The molecule has 10 heteroatoms. The first-order valence-electron chi connectivity index (χ1n) is 7.91. The van der Waals surface area contributed by atoms with E-state index in [-0.39, 0.29) is 11.4 Å². The maximum Gasteiger partial charge on any atom is 0.325 e. The summed E-state index contributed by atoms with van der Waals surface area (Å²) in [5.41, 5.74) is 6.46. The topological polar surface area (TPSA) is 178 Å². The number of para-hydroxylation sites is 1. The molecule has 2 heterocycles. The van der Waals surface area contributed by atoms with Crippen molar-refractivity contribution in [3.63, 3.8) is 0 Å². The molecule has 0 bridgehead atoms. The predicted octanol–water partition coefficient (Wildman–Crippen LogP) is -1.57. The predicted molar refractivity (Wildman–Crippen MR) is 87.3 cm³/mol. The summed E-state index contributed by atoms with van der Waals surface area (Å²) >= 11 is 0. The van der Waals surface area contributed by atoms with Gasteiger partial charge >= 0.3 is 5.97 Å². The molecule has 0 saturated carbocycles. The Labute approximate surface area is 147 Å². The van der Waals surface area contributed by atoms with Gasteiger partial charge in [0.15, 0.2) is 5.88 Å². The third kappa shape index (κ3) is 3.14. The van der Waals surface area contributed by atoms with Crippen molar-refractivity contribution in [1.82, 2.24) is 4.98 Å². The molecule has 8 N–H and O–H groups in total. The van der Waals surface area contributed by atoms with Gasteiger partial charge in [-0.2, -0.15) is 0 Å². The highest BCUT2D eigenvalue weighted by Gasteiger charge is 2.45. The van der Waals surface area contributed by atoms with Crippen molar-refractivity contribution >= 4 is 16.9 Å². The summed E-state index contributed by atoms with van der Waals surface area (Å²) < 4.78 is 10.8. The van der Waals surface area contributed by atoms with Crippen LogP contribution in [0.4, 0.5) is 0 Å². The zero-order valence-corrected chi connectivity index (χ0v) is 13.5. The number of hydrogen-bond donors (Lipinski definition) is 7. The van der Waals surface area contributed by atoms with Crippen LogP contribution in [-0.2, 0) is 9.53 Å². The van der Waals surface area contributed by atoms with Crippen molar-refractivity contribution < 1.29 is 39.8 Å². The van der Waals surface area contributed by atoms with E-state index >= 15 is 0 Å². The third-order valence-corrected chi connectivity index (χ3v) is 4.37. The van der Waals surface area contributed by atoms with E-state index in [2.05, 4.69) is 4.98 Å². The molecule has 1 aromatic heterocycles. The van der Waals surface area contributed by atoms with Gasteiger partial charge in [-0.15, -0.1) is 0 Å². The average molecular weight is 368 g/mol. The molecule has 1 aliphatic heterocycles. The summed E-state index contributed by atoms with van der Waals surface area (Å²) in [6.07, 6.45) is -7.39. The van der Waals surface area contributed by atoms with Crippen LogP contribution in [0.5, 0.6) is 5.88 Å². The first kappa shape index (κ1) is 18.6. The molecule has 26 heavy (non-hydrogen) atoms. The number of nitrogens with one attached hydrogen (secondary N) is 1. The fourth-order valence-corrected chi connectivity index (χ4v) is 2.95. The number of hydrogen-bond acceptors (Lipinski definition) is 8. The van der Waals surface area contributed by atoms with Crippen molar-refractivity contribution in [3.8, 4) is 5.88 Å². The average Bonchev–Trinajstić information content (AvgIpc) is 2.99. The molecular formula is C16H20N2O8. The van der Waals surface area contributed by atoms with Gasteiger partial charge in [0.25, 0.3) is 0 Å². The van der Waals surface area contributed by atoms with E-state index in [0.717, 1.165) is 0 Å². The molecule has 1 fully saturated rings. The van der Waals surface area contributed by atoms with E-state index in [1.54, 1.807) is 24.3 Å². The molecule has 0 aliphatic carbocycles. The zero-order valence-electron chi connectivity index (χ0n) is 13.5. The molecule has 142 valence electrons. The Morgan fingerprint density at radius 1 is 1.23 bits per heavy atom. The molecule has 0 spiro atoms. The second-order valence-corrected chi connectivity index (χ2v) is 6.04. The van der Waals surface area contributed by atoms with Crippen LogP contribution in [-0.4, -0.2) is 73.8 Å². The lowest BCUT2D eigenvalue weighted by molar-refractivity contribution is -0.278. The second kappa shape index (κ2) is 7.19. The minimum Gasteiger partial charge on any atom is -0.480 e. The van der Waals surface area contributed by atoms with Gasteiger partial charge in [-0.25, -0.2) is 0 Å². The lowest BCUT2D eigenvalue weighted by Crippen LogP contribution is -2.60. The number of ether oxygens (including phenoxy) is 2.